The summed E-state index contributed by atoms with van der Waals surface area (Å²) in [5.41, 5.74) is 0.878. The molecule has 6 nitrogen and oxygen atoms in total. The highest BCUT2D eigenvalue weighted by atomic mass is 35.5. The molecule has 0 unspecified atom stereocenters. The Morgan fingerprint density at radius 1 is 1.21 bits per heavy atom. The Bertz CT molecular complexity index is 538. The van der Waals surface area contributed by atoms with Crippen LogP contribution >= 0.6 is 11.6 Å². The van der Waals surface area contributed by atoms with Crippen LogP contribution in [0.2, 0.25) is 5.02 Å². The van der Waals surface area contributed by atoms with Crippen molar-refractivity contribution >= 4 is 23.7 Å². The molecule has 0 spiro atoms. The van der Waals surface area contributed by atoms with Crippen LogP contribution in [0.1, 0.15) is 44.1 Å². The molecule has 0 aliphatic heterocycles. The van der Waals surface area contributed by atoms with Crippen LogP contribution in [0, 0.1) is 0 Å². The Morgan fingerprint density at radius 3 is 2.33 bits per heavy atom. The Labute approximate surface area is 146 Å². The molecule has 0 aromatic heterocycles. The highest BCUT2D eigenvalue weighted by Crippen LogP contribution is 2.24. The first-order chi connectivity index (χ1) is 11.4. The maximum Gasteiger partial charge on any atom is 0.503 e. The number of hydrogen-bond acceptors (Lipinski definition) is 3. The molecule has 1 aromatic carbocycles. The Hall–Kier alpha value is -1.95. The number of halogens is 1. The van der Waals surface area contributed by atoms with E-state index in [2.05, 4.69) is 5.32 Å². The van der Waals surface area contributed by atoms with Crippen molar-refractivity contribution < 1.29 is 24.5 Å². The molecule has 1 amide bonds. The van der Waals surface area contributed by atoms with Gasteiger partial charge in [-0.15, -0.1) is 0 Å². The minimum atomic E-state index is -1.83. The van der Waals surface area contributed by atoms with Gasteiger partial charge in [0.05, 0.1) is 13.5 Å². The van der Waals surface area contributed by atoms with Gasteiger partial charge in [0.1, 0.15) is 5.75 Å². The largest absolute Gasteiger partial charge is 0.503 e. The van der Waals surface area contributed by atoms with Gasteiger partial charge >= 0.3 is 6.16 Å². The summed E-state index contributed by atoms with van der Waals surface area (Å²) in [7, 11) is 1.60. The number of carbonyl (C=O) groups is 2. The van der Waals surface area contributed by atoms with Gasteiger partial charge in [-0.25, -0.2) is 4.79 Å². The van der Waals surface area contributed by atoms with Crippen molar-refractivity contribution in [1.82, 2.24) is 5.32 Å². The Balaban J connectivity index is 0.000000648. The smallest absolute Gasteiger partial charge is 0.496 e. The molecule has 134 valence electrons. The van der Waals surface area contributed by atoms with Crippen LogP contribution in [0.15, 0.2) is 18.2 Å². The molecule has 0 saturated heterocycles. The predicted molar refractivity (Wildman–Crippen MR) is 92.0 cm³/mol. The van der Waals surface area contributed by atoms with Crippen LogP contribution in [0.3, 0.4) is 0 Å². The first kappa shape index (κ1) is 20.1. The van der Waals surface area contributed by atoms with Gasteiger partial charge in [0.15, 0.2) is 0 Å². The van der Waals surface area contributed by atoms with Gasteiger partial charge < -0.3 is 20.3 Å². The highest BCUT2D eigenvalue weighted by Gasteiger charge is 2.16. The van der Waals surface area contributed by atoms with E-state index in [4.69, 9.17) is 31.3 Å². The van der Waals surface area contributed by atoms with E-state index in [9.17, 15) is 4.79 Å². The minimum absolute atomic E-state index is 0.0672. The molecule has 7 heteroatoms. The average Bonchev–Trinajstić information content (AvgIpc) is 2.77. The molecule has 1 aliphatic carbocycles. The number of nitrogens with one attached hydrogen (secondary N) is 1. The van der Waals surface area contributed by atoms with Gasteiger partial charge in [-0.3, -0.25) is 4.79 Å². The third-order valence-corrected chi connectivity index (χ3v) is 4.06. The van der Waals surface area contributed by atoms with Gasteiger partial charge in [-0.1, -0.05) is 43.4 Å². The van der Waals surface area contributed by atoms with Crippen LogP contribution in [0.25, 0.3) is 0 Å². The van der Waals surface area contributed by atoms with Gasteiger partial charge in [-0.05, 0) is 25.0 Å². The average molecular weight is 358 g/mol. The molecule has 1 saturated carbocycles. The van der Waals surface area contributed by atoms with E-state index in [1.54, 1.807) is 19.2 Å². The van der Waals surface area contributed by atoms with E-state index >= 15 is 0 Å². The van der Waals surface area contributed by atoms with Crippen molar-refractivity contribution in [3.63, 3.8) is 0 Å². The molecule has 3 N–H and O–H groups in total. The number of methoxy groups -OCH3 is 1. The second kappa shape index (κ2) is 10.8. The zero-order chi connectivity index (χ0) is 17.9. The van der Waals surface area contributed by atoms with Crippen molar-refractivity contribution in [3.8, 4) is 5.75 Å². The quantitative estimate of drug-likeness (QED) is 0.709. The number of carboxylic acid groups (broad SMARTS) is 2. The first-order valence-corrected chi connectivity index (χ1v) is 8.34. The van der Waals surface area contributed by atoms with Crippen LogP contribution in [-0.4, -0.2) is 35.4 Å². The van der Waals surface area contributed by atoms with Crippen molar-refractivity contribution in [1.29, 1.82) is 0 Å². The van der Waals surface area contributed by atoms with E-state index in [0.29, 0.717) is 23.2 Å². The molecule has 1 aromatic rings. The van der Waals surface area contributed by atoms with E-state index < -0.39 is 6.16 Å². The van der Waals surface area contributed by atoms with Crippen molar-refractivity contribution in [2.45, 2.75) is 51.0 Å². The van der Waals surface area contributed by atoms with Crippen molar-refractivity contribution in [3.05, 3.63) is 28.8 Å². The van der Waals surface area contributed by atoms with E-state index in [0.717, 1.165) is 18.4 Å². The number of amides is 1. The number of carbonyl (C=O) groups excluding carboxylic acids is 1. The summed E-state index contributed by atoms with van der Waals surface area (Å²) in [6, 6.07) is 5.73. The minimum Gasteiger partial charge on any atom is -0.496 e. The summed E-state index contributed by atoms with van der Waals surface area (Å²) >= 11 is 5.93. The third kappa shape index (κ3) is 8.06. The summed E-state index contributed by atoms with van der Waals surface area (Å²) in [6.07, 6.45) is 5.73. The normalized spacial score (nSPS) is 14.8. The third-order valence-electron chi connectivity index (χ3n) is 3.82. The number of benzene rings is 1. The molecule has 24 heavy (non-hydrogen) atoms. The van der Waals surface area contributed by atoms with E-state index in [-0.39, 0.29) is 5.91 Å². The Morgan fingerprint density at radius 2 is 1.79 bits per heavy atom. The molecule has 0 heterocycles. The molecular weight excluding hydrogens is 334 g/mol. The lowest BCUT2D eigenvalue weighted by atomic mass is 10.1. The molecule has 0 atom stereocenters. The maximum absolute atomic E-state index is 12.1. The molecule has 0 bridgehead atoms. The zero-order valence-electron chi connectivity index (χ0n) is 13.8. The molecule has 1 aliphatic rings. The maximum atomic E-state index is 12.1. The van der Waals surface area contributed by atoms with Crippen molar-refractivity contribution in [2.75, 3.05) is 7.11 Å². The van der Waals surface area contributed by atoms with Gasteiger partial charge in [0, 0.05) is 16.6 Å². The fraction of sp³-hybridized carbons (Fsp3) is 0.529. The SMILES string of the molecule is COc1cc(Cl)ccc1CC(=O)NC1CCCCCC1.O=C(O)O. The second-order valence-electron chi connectivity index (χ2n) is 5.67. The highest BCUT2D eigenvalue weighted by molar-refractivity contribution is 6.30. The standard InChI is InChI=1S/C16H22ClNO2.CH2O3/c1-20-15-11-13(17)9-8-12(15)10-16(19)18-14-6-4-2-3-5-7-14;2-1(3)4/h8-9,11,14H,2-7,10H2,1H3,(H,18,19);(H2,2,3,4). The van der Waals surface area contributed by atoms with Gasteiger partial charge in [0.2, 0.25) is 5.91 Å². The zero-order valence-corrected chi connectivity index (χ0v) is 14.5. The fourth-order valence-corrected chi connectivity index (χ4v) is 2.90. The van der Waals surface area contributed by atoms with Crippen LogP contribution in [0.5, 0.6) is 5.75 Å². The summed E-state index contributed by atoms with van der Waals surface area (Å²) in [4.78, 5) is 20.7. The molecule has 2 rings (SSSR count). The predicted octanol–water partition coefficient (Wildman–Crippen LogP) is 3.95. The second-order valence-corrected chi connectivity index (χ2v) is 6.11. The van der Waals surface area contributed by atoms with Crippen LogP contribution in [0.4, 0.5) is 4.79 Å². The lowest BCUT2D eigenvalue weighted by Gasteiger charge is -2.17. The van der Waals surface area contributed by atoms with Crippen LogP contribution in [-0.2, 0) is 11.2 Å². The Kier molecular flexibility index (Phi) is 9.01. The lowest BCUT2D eigenvalue weighted by Crippen LogP contribution is -2.35. The lowest BCUT2D eigenvalue weighted by molar-refractivity contribution is -0.121. The fourth-order valence-electron chi connectivity index (χ4n) is 2.74. The molecule has 1 fully saturated rings. The van der Waals surface area contributed by atoms with Gasteiger partial charge in [-0.2, -0.15) is 0 Å². The first-order valence-electron chi connectivity index (χ1n) is 7.96. The van der Waals surface area contributed by atoms with Crippen molar-refractivity contribution in [2.24, 2.45) is 0 Å². The topological polar surface area (TPSA) is 95.9 Å². The van der Waals surface area contributed by atoms with E-state index in [1.165, 1.54) is 25.7 Å². The summed E-state index contributed by atoms with van der Waals surface area (Å²) < 4.78 is 5.27. The van der Waals surface area contributed by atoms with Gasteiger partial charge in [0.25, 0.3) is 0 Å². The number of ether oxygens (including phenoxy) is 1. The molecular formula is C17H24ClNO5. The number of rotatable bonds is 4. The number of hydrogen-bond donors (Lipinski definition) is 3. The van der Waals surface area contributed by atoms with E-state index in [1.807, 2.05) is 6.07 Å². The monoisotopic (exact) mass is 357 g/mol. The summed E-state index contributed by atoms with van der Waals surface area (Å²) in [5, 5.41) is 17.7. The van der Waals surface area contributed by atoms with Crippen LogP contribution < -0.4 is 10.1 Å². The summed E-state index contributed by atoms with van der Waals surface area (Å²) in [6.45, 7) is 0. The molecule has 0 radical (unpaired) electrons. The summed E-state index contributed by atoms with van der Waals surface area (Å²) in [5.74, 6) is 0.742.